The Labute approximate surface area is 151 Å². The Morgan fingerprint density at radius 1 is 1.12 bits per heavy atom. The van der Waals surface area contributed by atoms with Crippen molar-refractivity contribution in [3.8, 4) is 0 Å². The fraction of sp³-hybridized carbons (Fsp3) is 0.722. The van der Waals surface area contributed by atoms with Crippen LogP contribution in [0.4, 0.5) is 16.6 Å². The molecule has 0 bridgehead atoms. The maximum absolute atomic E-state index is 11.8. The smallest absolute Gasteiger partial charge is 0.409 e. The molecule has 2 rings (SSSR count). The van der Waals surface area contributed by atoms with Gasteiger partial charge in [0.1, 0.15) is 5.82 Å². The van der Waals surface area contributed by atoms with E-state index in [2.05, 4.69) is 34.7 Å². The van der Waals surface area contributed by atoms with E-state index < -0.39 is 0 Å². The summed E-state index contributed by atoms with van der Waals surface area (Å²) in [5, 5.41) is 0. The Morgan fingerprint density at radius 2 is 1.76 bits per heavy atom. The van der Waals surface area contributed by atoms with Gasteiger partial charge in [-0.3, -0.25) is 0 Å². The zero-order valence-electron chi connectivity index (χ0n) is 16.0. The molecule has 1 saturated heterocycles. The van der Waals surface area contributed by atoms with Gasteiger partial charge in [0.05, 0.1) is 6.61 Å². The molecule has 0 radical (unpaired) electrons. The van der Waals surface area contributed by atoms with Gasteiger partial charge in [-0.1, -0.05) is 13.8 Å². The van der Waals surface area contributed by atoms with E-state index in [1.807, 2.05) is 13.8 Å². The van der Waals surface area contributed by atoms with Gasteiger partial charge in [-0.2, -0.15) is 4.98 Å². The lowest BCUT2D eigenvalue weighted by atomic mass is 10.3. The van der Waals surface area contributed by atoms with Gasteiger partial charge in [-0.15, -0.1) is 0 Å². The van der Waals surface area contributed by atoms with Crippen LogP contribution in [0.3, 0.4) is 0 Å². The van der Waals surface area contributed by atoms with E-state index in [4.69, 9.17) is 9.72 Å². The molecule has 0 aliphatic carbocycles. The molecule has 25 heavy (non-hydrogen) atoms. The number of piperazine rings is 1. The number of rotatable bonds is 7. The van der Waals surface area contributed by atoms with E-state index in [0.717, 1.165) is 56.5 Å². The molecular weight excluding hydrogens is 318 g/mol. The monoisotopic (exact) mass is 349 g/mol. The molecule has 0 spiro atoms. The third-order valence-electron chi connectivity index (χ3n) is 4.23. The minimum Gasteiger partial charge on any atom is -0.450 e. The predicted molar refractivity (Wildman–Crippen MR) is 100 cm³/mol. The first-order valence-electron chi connectivity index (χ1n) is 9.36. The van der Waals surface area contributed by atoms with Crippen LogP contribution in [0.25, 0.3) is 0 Å². The minimum atomic E-state index is -0.231. The summed E-state index contributed by atoms with van der Waals surface area (Å²) in [7, 11) is 0. The van der Waals surface area contributed by atoms with Gasteiger partial charge in [-0.05, 0) is 26.7 Å². The van der Waals surface area contributed by atoms with Gasteiger partial charge in [0.15, 0.2) is 0 Å². The van der Waals surface area contributed by atoms with Gasteiger partial charge >= 0.3 is 6.09 Å². The number of nitrogens with zero attached hydrogens (tertiary/aromatic N) is 5. The number of aryl methyl sites for hydroxylation is 1. The van der Waals surface area contributed by atoms with E-state index in [1.54, 1.807) is 4.90 Å². The summed E-state index contributed by atoms with van der Waals surface area (Å²) in [6.45, 7) is 13.4. The number of carbonyl (C=O) groups is 1. The number of hydrogen-bond acceptors (Lipinski definition) is 6. The molecule has 0 unspecified atom stereocenters. The Hall–Kier alpha value is -2.05. The summed E-state index contributed by atoms with van der Waals surface area (Å²) in [5.74, 6) is 1.76. The van der Waals surface area contributed by atoms with Crippen LogP contribution in [0, 0.1) is 6.92 Å². The predicted octanol–water partition coefficient (Wildman–Crippen LogP) is 2.69. The maximum atomic E-state index is 11.8. The summed E-state index contributed by atoms with van der Waals surface area (Å²) in [5.41, 5.74) is 0.977. The van der Waals surface area contributed by atoms with Gasteiger partial charge in [-0.25, -0.2) is 9.78 Å². The van der Waals surface area contributed by atoms with E-state index >= 15 is 0 Å². The fourth-order valence-corrected chi connectivity index (χ4v) is 3.02. The number of amides is 1. The van der Waals surface area contributed by atoms with Crippen LogP contribution in [-0.4, -0.2) is 66.8 Å². The molecule has 7 heteroatoms. The molecule has 2 heterocycles. The molecule has 7 nitrogen and oxygen atoms in total. The molecule has 0 aromatic carbocycles. The molecule has 0 N–H and O–H groups in total. The van der Waals surface area contributed by atoms with Gasteiger partial charge in [0, 0.05) is 51.0 Å². The highest BCUT2D eigenvalue weighted by atomic mass is 16.6. The molecular formula is C18H31N5O2. The third kappa shape index (κ3) is 5.21. The van der Waals surface area contributed by atoms with Crippen LogP contribution in [0.5, 0.6) is 0 Å². The number of aromatic nitrogens is 2. The highest BCUT2D eigenvalue weighted by Crippen LogP contribution is 2.19. The average molecular weight is 349 g/mol. The summed E-state index contributed by atoms with van der Waals surface area (Å²) in [4.78, 5) is 27.5. The van der Waals surface area contributed by atoms with Crippen LogP contribution in [0.1, 0.15) is 39.3 Å². The first kappa shape index (κ1) is 19.3. The minimum absolute atomic E-state index is 0.231. The van der Waals surface area contributed by atoms with Crippen molar-refractivity contribution < 1.29 is 9.53 Å². The van der Waals surface area contributed by atoms with Crippen molar-refractivity contribution in [2.45, 2.75) is 40.5 Å². The summed E-state index contributed by atoms with van der Waals surface area (Å²) < 4.78 is 5.08. The largest absolute Gasteiger partial charge is 0.450 e. The fourth-order valence-electron chi connectivity index (χ4n) is 3.02. The Balaban J connectivity index is 2.08. The Bertz CT molecular complexity index is 552. The second-order valence-corrected chi connectivity index (χ2v) is 6.33. The second-order valence-electron chi connectivity index (χ2n) is 6.33. The van der Waals surface area contributed by atoms with Crippen molar-refractivity contribution in [3.05, 3.63) is 11.8 Å². The van der Waals surface area contributed by atoms with Crippen molar-refractivity contribution in [1.82, 2.24) is 14.9 Å². The van der Waals surface area contributed by atoms with E-state index in [1.165, 1.54) is 0 Å². The molecule has 0 atom stereocenters. The maximum Gasteiger partial charge on any atom is 0.409 e. The first-order valence-corrected chi connectivity index (χ1v) is 9.36. The molecule has 1 fully saturated rings. The number of hydrogen-bond donors (Lipinski definition) is 0. The van der Waals surface area contributed by atoms with E-state index in [-0.39, 0.29) is 6.09 Å². The van der Waals surface area contributed by atoms with Gasteiger partial charge in [0.2, 0.25) is 5.95 Å². The second kappa shape index (κ2) is 9.44. The quantitative estimate of drug-likeness (QED) is 0.754. The number of carbonyl (C=O) groups excluding carboxylic acids is 1. The van der Waals surface area contributed by atoms with Crippen LogP contribution < -0.4 is 9.80 Å². The Morgan fingerprint density at radius 3 is 2.32 bits per heavy atom. The van der Waals surface area contributed by atoms with Crippen LogP contribution in [0.2, 0.25) is 0 Å². The van der Waals surface area contributed by atoms with E-state index in [9.17, 15) is 4.79 Å². The average Bonchev–Trinajstić information content (AvgIpc) is 2.61. The summed E-state index contributed by atoms with van der Waals surface area (Å²) in [6, 6.07) is 2.06. The SMILES string of the molecule is CCCN(CCC)c1cc(C)nc(N2CCN(C(=O)OCC)CC2)n1. The first-order chi connectivity index (χ1) is 12.1. The lowest BCUT2D eigenvalue weighted by Crippen LogP contribution is -2.49. The topological polar surface area (TPSA) is 61.8 Å². The van der Waals surface area contributed by atoms with Crippen LogP contribution in [-0.2, 0) is 4.74 Å². The molecule has 1 aliphatic heterocycles. The Kier molecular flexibility index (Phi) is 7.28. The van der Waals surface area contributed by atoms with Crippen LogP contribution >= 0.6 is 0 Å². The van der Waals surface area contributed by atoms with Crippen molar-refractivity contribution in [1.29, 1.82) is 0 Å². The highest BCUT2D eigenvalue weighted by Gasteiger charge is 2.24. The zero-order chi connectivity index (χ0) is 18.2. The molecule has 1 aromatic heterocycles. The van der Waals surface area contributed by atoms with Gasteiger partial charge < -0.3 is 19.4 Å². The highest BCUT2D eigenvalue weighted by molar-refractivity contribution is 5.68. The normalized spacial score (nSPS) is 14.6. The zero-order valence-corrected chi connectivity index (χ0v) is 16.0. The summed E-state index contributed by atoms with van der Waals surface area (Å²) in [6.07, 6.45) is 1.96. The van der Waals surface area contributed by atoms with Crippen molar-refractivity contribution in [3.63, 3.8) is 0 Å². The number of anilines is 2. The van der Waals surface area contributed by atoms with Crippen molar-refractivity contribution >= 4 is 17.9 Å². The molecule has 1 aromatic rings. The molecule has 1 aliphatic rings. The standard InChI is InChI=1S/C18H31N5O2/c1-5-8-21(9-6-2)16-14-15(4)19-17(20-16)22-10-12-23(13-11-22)18(24)25-7-3/h14H,5-13H2,1-4H3. The lowest BCUT2D eigenvalue weighted by Gasteiger charge is -2.34. The molecule has 0 saturated carbocycles. The van der Waals surface area contributed by atoms with Gasteiger partial charge in [0.25, 0.3) is 0 Å². The third-order valence-corrected chi connectivity index (χ3v) is 4.23. The van der Waals surface area contributed by atoms with Crippen molar-refractivity contribution in [2.24, 2.45) is 0 Å². The van der Waals surface area contributed by atoms with E-state index in [0.29, 0.717) is 19.7 Å². The van der Waals surface area contributed by atoms with Crippen LogP contribution in [0.15, 0.2) is 6.07 Å². The molecule has 1 amide bonds. The molecule has 140 valence electrons. The number of ether oxygens (including phenoxy) is 1. The summed E-state index contributed by atoms with van der Waals surface area (Å²) >= 11 is 0. The lowest BCUT2D eigenvalue weighted by molar-refractivity contribution is 0.105. The van der Waals surface area contributed by atoms with Crippen molar-refractivity contribution in [2.75, 3.05) is 55.7 Å².